The third-order valence-electron chi connectivity index (χ3n) is 4.75. The second kappa shape index (κ2) is 8.89. The first-order valence-corrected chi connectivity index (χ1v) is 9.44. The number of anilines is 2. The maximum Gasteiger partial charge on any atom is 0.233 e. The Labute approximate surface area is 170 Å². The van der Waals surface area contributed by atoms with Crippen molar-refractivity contribution < 1.29 is 9.85 Å². The Morgan fingerprint density at radius 1 is 0.690 bits per heavy atom. The second-order valence-corrected chi connectivity index (χ2v) is 8.42. The van der Waals surface area contributed by atoms with Gasteiger partial charge in [0, 0.05) is 48.9 Å². The first-order chi connectivity index (χ1) is 13.5. The normalized spacial score (nSPS) is 11.7. The van der Waals surface area contributed by atoms with E-state index in [1.807, 2.05) is 48.5 Å². The number of rotatable bonds is 10. The van der Waals surface area contributed by atoms with Crippen LogP contribution in [0.5, 0.6) is 0 Å². The molecule has 8 nitrogen and oxygen atoms in total. The van der Waals surface area contributed by atoms with E-state index in [-0.39, 0.29) is 22.9 Å². The van der Waals surface area contributed by atoms with Gasteiger partial charge in [-0.05, 0) is 41.8 Å². The molecule has 2 N–H and O–H groups in total. The minimum atomic E-state index is -1.02. The Hall–Kier alpha value is -3.16. The third kappa shape index (κ3) is 6.44. The molecule has 0 bridgehead atoms. The Bertz CT molecular complexity index is 774. The lowest BCUT2D eigenvalue weighted by molar-refractivity contribution is -0.556. The number of hydrogen-bond acceptors (Lipinski definition) is 6. The molecule has 8 heteroatoms. The van der Waals surface area contributed by atoms with Crippen LogP contribution in [-0.4, -0.2) is 34.0 Å². The molecule has 0 unspecified atom stereocenters. The highest BCUT2D eigenvalue weighted by atomic mass is 16.6. The highest BCUT2D eigenvalue weighted by Gasteiger charge is 2.30. The molecule has 29 heavy (non-hydrogen) atoms. The van der Waals surface area contributed by atoms with Crippen LogP contribution < -0.4 is 10.6 Å². The van der Waals surface area contributed by atoms with Crippen LogP contribution in [0.2, 0.25) is 0 Å². The molecule has 0 spiro atoms. The zero-order chi connectivity index (χ0) is 21.7. The molecule has 0 saturated carbocycles. The standard InChI is InChI=1S/C21H28N4O4/c1-20(2,24(26)27)14-22-18-9-5-16(6-10-18)13-17-7-11-19(12-8-17)23-15-21(3,4)25(28)29/h5-12,22-23H,13-15H2,1-4H3. The van der Waals surface area contributed by atoms with E-state index in [1.165, 1.54) is 0 Å². The highest BCUT2D eigenvalue weighted by molar-refractivity contribution is 5.48. The van der Waals surface area contributed by atoms with E-state index in [2.05, 4.69) is 10.6 Å². The summed E-state index contributed by atoms with van der Waals surface area (Å²) in [6.07, 6.45) is 0.751. The summed E-state index contributed by atoms with van der Waals surface area (Å²) >= 11 is 0. The lowest BCUT2D eigenvalue weighted by atomic mass is 10.0. The zero-order valence-corrected chi connectivity index (χ0v) is 17.3. The highest BCUT2D eigenvalue weighted by Crippen LogP contribution is 2.18. The number of benzene rings is 2. The van der Waals surface area contributed by atoms with Crippen LogP contribution in [0.15, 0.2) is 48.5 Å². The van der Waals surface area contributed by atoms with E-state index < -0.39 is 11.1 Å². The zero-order valence-electron chi connectivity index (χ0n) is 17.3. The van der Waals surface area contributed by atoms with Crippen molar-refractivity contribution in [1.82, 2.24) is 0 Å². The first kappa shape index (κ1) is 22.1. The quantitative estimate of drug-likeness (QED) is 0.456. The van der Waals surface area contributed by atoms with Crippen molar-refractivity contribution in [2.75, 3.05) is 23.7 Å². The SMILES string of the molecule is CC(C)(CNc1ccc(Cc2ccc(NCC(C)(C)[N+](=O)[O-])cc2)cc1)[N+](=O)[O-]. The maximum absolute atomic E-state index is 11.0. The van der Waals surface area contributed by atoms with E-state index >= 15 is 0 Å². The van der Waals surface area contributed by atoms with E-state index in [4.69, 9.17) is 0 Å². The van der Waals surface area contributed by atoms with Crippen molar-refractivity contribution in [2.45, 2.75) is 45.2 Å². The van der Waals surface area contributed by atoms with E-state index in [0.717, 1.165) is 28.9 Å². The average Bonchev–Trinajstić information content (AvgIpc) is 2.67. The summed E-state index contributed by atoms with van der Waals surface area (Å²) in [6, 6.07) is 15.6. The van der Waals surface area contributed by atoms with Crippen LogP contribution in [0.3, 0.4) is 0 Å². The Kier molecular flexibility index (Phi) is 6.79. The topological polar surface area (TPSA) is 110 Å². The van der Waals surface area contributed by atoms with Gasteiger partial charge in [0.15, 0.2) is 0 Å². The molecular weight excluding hydrogens is 372 g/mol. The number of hydrogen-bond donors (Lipinski definition) is 2. The van der Waals surface area contributed by atoms with Gasteiger partial charge in [0.05, 0.1) is 13.1 Å². The first-order valence-electron chi connectivity index (χ1n) is 9.44. The number of nitrogens with one attached hydrogen (secondary N) is 2. The summed E-state index contributed by atoms with van der Waals surface area (Å²) in [4.78, 5) is 21.4. The summed E-state index contributed by atoms with van der Waals surface area (Å²) in [7, 11) is 0. The van der Waals surface area contributed by atoms with Gasteiger partial charge < -0.3 is 10.6 Å². The van der Waals surface area contributed by atoms with Crippen molar-refractivity contribution in [3.05, 3.63) is 79.9 Å². The van der Waals surface area contributed by atoms with Crippen LogP contribution in [0.25, 0.3) is 0 Å². The van der Waals surface area contributed by atoms with E-state index in [1.54, 1.807) is 27.7 Å². The predicted octanol–water partition coefficient (Wildman–Crippen LogP) is 4.21. The molecule has 0 aliphatic heterocycles. The van der Waals surface area contributed by atoms with Gasteiger partial charge in [-0.1, -0.05) is 24.3 Å². The summed E-state index contributed by atoms with van der Waals surface area (Å²) in [5.74, 6) is 0. The van der Waals surface area contributed by atoms with Gasteiger partial charge in [0.2, 0.25) is 11.1 Å². The van der Waals surface area contributed by atoms with Crippen molar-refractivity contribution in [1.29, 1.82) is 0 Å². The Morgan fingerprint density at radius 3 is 1.28 bits per heavy atom. The largest absolute Gasteiger partial charge is 0.378 e. The van der Waals surface area contributed by atoms with Crippen molar-refractivity contribution >= 4 is 11.4 Å². The molecule has 0 aromatic heterocycles. The minimum Gasteiger partial charge on any atom is -0.378 e. The van der Waals surface area contributed by atoms with Gasteiger partial charge in [-0.25, -0.2) is 0 Å². The van der Waals surface area contributed by atoms with Gasteiger partial charge in [0.25, 0.3) is 0 Å². The van der Waals surface area contributed by atoms with Crippen LogP contribution in [0, 0.1) is 20.2 Å². The fraction of sp³-hybridized carbons (Fsp3) is 0.429. The van der Waals surface area contributed by atoms with Gasteiger partial charge in [-0.3, -0.25) is 20.2 Å². The van der Waals surface area contributed by atoms with Crippen LogP contribution in [0.4, 0.5) is 11.4 Å². The van der Waals surface area contributed by atoms with Gasteiger partial charge in [0.1, 0.15) is 0 Å². The smallest absolute Gasteiger partial charge is 0.233 e. The van der Waals surface area contributed by atoms with Crippen molar-refractivity contribution in [3.63, 3.8) is 0 Å². The average molecular weight is 400 g/mol. The number of nitro groups is 2. The number of nitrogens with zero attached hydrogens (tertiary/aromatic N) is 2. The van der Waals surface area contributed by atoms with Crippen molar-refractivity contribution in [2.24, 2.45) is 0 Å². The van der Waals surface area contributed by atoms with Gasteiger partial charge >= 0.3 is 0 Å². The molecule has 2 aromatic rings. The van der Waals surface area contributed by atoms with E-state index in [9.17, 15) is 20.2 Å². The molecule has 0 heterocycles. The summed E-state index contributed by atoms with van der Waals surface area (Å²) in [5, 5.41) is 28.2. The molecule has 2 rings (SSSR count). The molecule has 156 valence electrons. The summed E-state index contributed by atoms with van der Waals surface area (Å²) in [5.41, 5.74) is 1.89. The fourth-order valence-electron chi connectivity index (χ4n) is 2.48. The molecule has 0 amide bonds. The van der Waals surface area contributed by atoms with Crippen molar-refractivity contribution in [3.8, 4) is 0 Å². The molecule has 0 aliphatic carbocycles. The lowest BCUT2D eigenvalue weighted by Gasteiger charge is -2.17. The molecule has 0 atom stereocenters. The predicted molar refractivity (Wildman–Crippen MR) is 115 cm³/mol. The van der Waals surface area contributed by atoms with Gasteiger partial charge in [-0.2, -0.15) is 0 Å². The fourth-order valence-corrected chi connectivity index (χ4v) is 2.48. The molecular formula is C21H28N4O4. The van der Waals surface area contributed by atoms with Crippen LogP contribution in [0.1, 0.15) is 38.8 Å². The summed E-state index contributed by atoms with van der Waals surface area (Å²) in [6.45, 7) is 6.86. The molecule has 0 fully saturated rings. The summed E-state index contributed by atoms with van der Waals surface area (Å²) < 4.78 is 0. The Balaban J connectivity index is 1.90. The van der Waals surface area contributed by atoms with E-state index in [0.29, 0.717) is 0 Å². The molecule has 0 radical (unpaired) electrons. The molecule has 0 saturated heterocycles. The lowest BCUT2D eigenvalue weighted by Crippen LogP contribution is -2.38. The molecule has 2 aromatic carbocycles. The molecule has 0 aliphatic rings. The minimum absolute atomic E-state index is 0.251. The van der Waals surface area contributed by atoms with Crippen LogP contribution in [-0.2, 0) is 6.42 Å². The van der Waals surface area contributed by atoms with Gasteiger partial charge in [-0.15, -0.1) is 0 Å². The third-order valence-corrected chi connectivity index (χ3v) is 4.75. The maximum atomic E-state index is 11.0. The van der Waals surface area contributed by atoms with Crippen LogP contribution >= 0.6 is 0 Å². The Morgan fingerprint density at radius 2 is 1.00 bits per heavy atom. The second-order valence-electron chi connectivity index (χ2n) is 8.42. The monoisotopic (exact) mass is 400 g/mol.